The molecule has 0 unspecified atom stereocenters. The maximum Gasteiger partial charge on any atom is 0.277 e. The summed E-state index contributed by atoms with van der Waals surface area (Å²) in [6.07, 6.45) is 2.61. The highest BCUT2D eigenvalue weighted by atomic mass is 32.2. The highest BCUT2D eigenvalue weighted by Gasteiger charge is 2.33. The minimum Gasteiger partial charge on any atom is -0.416 e. The van der Waals surface area contributed by atoms with Gasteiger partial charge in [-0.2, -0.15) is 0 Å². The van der Waals surface area contributed by atoms with Crippen LogP contribution in [0.1, 0.15) is 38.0 Å². The van der Waals surface area contributed by atoms with Gasteiger partial charge < -0.3 is 9.73 Å². The van der Waals surface area contributed by atoms with Crippen molar-refractivity contribution in [1.29, 1.82) is 0 Å². The summed E-state index contributed by atoms with van der Waals surface area (Å²) in [5.41, 5.74) is 0. The Labute approximate surface area is 127 Å². The molecule has 0 aromatic carbocycles. The molecular formula is C12H17N3O4S2. The van der Waals surface area contributed by atoms with Crippen molar-refractivity contribution in [3.05, 3.63) is 5.89 Å². The molecule has 1 saturated heterocycles. The van der Waals surface area contributed by atoms with Crippen LogP contribution in [0.25, 0.3) is 0 Å². The number of sulfone groups is 1. The van der Waals surface area contributed by atoms with E-state index in [9.17, 15) is 13.2 Å². The Morgan fingerprint density at radius 3 is 2.76 bits per heavy atom. The second kappa shape index (κ2) is 5.60. The molecule has 7 nitrogen and oxygen atoms in total. The molecule has 1 aromatic rings. The van der Waals surface area contributed by atoms with E-state index in [-0.39, 0.29) is 28.6 Å². The van der Waals surface area contributed by atoms with Crippen LogP contribution < -0.4 is 5.32 Å². The Morgan fingerprint density at radius 1 is 1.38 bits per heavy atom. The molecule has 2 aliphatic rings. The molecule has 21 heavy (non-hydrogen) atoms. The van der Waals surface area contributed by atoms with Crippen LogP contribution in [0.2, 0.25) is 0 Å². The second-order valence-corrected chi connectivity index (χ2v) is 9.07. The van der Waals surface area contributed by atoms with Gasteiger partial charge in [0.25, 0.3) is 5.22 Å². The van der Waals surface area contributed by atoms with Gasteiger partial charge in [-0.15, -0.1) is 10.2 Å². The Bertz CT molecular complexity index is 639. The van der Waals surface area contributed by atoms with Gasteiger partial charge in [-0.05, 0) is 26.2 Å². The molecule has 0 radical (unpaired) electrons. The number of amides is 1. The van der Waals surface area contributed by atoms with Crippen molar-refractivity contribution in [2.45, 2.75) is 48.6 Å². The zero-order valence-electron chi connectivity index (χ0n) is 11.6. The molecule has 1 aliphatic heterocycles. The summed E-state index contributed by atoms with van der Waals surface area (Å²) >= 11 is 1.20. The Morgan fingerprint density at radius 2 is 2.14 bits per heavy atom. The van der Waals surface area contributed by atoms with Crippen LogP contribution in [0.15, 0.2) is 9.64 Å². The lowest BCUT2D eigenvalue weighted by Gasteiger charge is -2.08. The fourth-order valence-electron chi connectivity index (χ4n) is 2.17. The Kier molecular flexibility index (Phi) is 3.96. The molecule has 116 valence electrons. The second-order valence-electron chi connectivity index (χ2n) is 5.55. The first-order chi connectivity index (χ1) is 9.93. The smallest absolute Gasteiger partial charge is 0.277 e. The number of carbonyl (C=O) groups is 1. The number of aromatic nitrogens is 2. The molecule has 2 atom stereocenters. The van der Waals surface area contributed by atoms with Gasteiger partial charge in [0.05, 0.1) is 22.7 Å². The van der Waals surface area contributed by atoms with Crippen LogP contribution in [-0.4, -0.2) is 47.3 Å². The normalized spacial score (nSPS) is 25.7. The van der Waals surface area contributed by atoms with Gasteiger partial charge in [-0.1, -0.05) is 11.8 Å². The van der Waals surface area contributed by atoms with E-state index in [1.165, 1.54) is 11.8 Å². The lowest BCUT2D eigenvalue weighted by Crippen LogP contribution is -2.32. The molecular weight excluding hydrogens is 314 g/mol. The summed E-state index contributed by atoms with van der Waals surface area (Å²) < 4.78 is 28.4. The van der Waals surface area contributed by atoms with Crippen LogP contribution in [0.3, 0.4) is 0 Å². The number of nitrogens with one attached hydrogen (secondary N) is 1. The van der Waals surface area contributed by atoms with Gasteiger partial charge in [0.2, 0.25) is 11.8 Å². The number of hydrogen-bond donors (Lipinski definition) is 1. The average Bonchev–Trinajstić information content (AvgIpc) is 2.97. The first-order valence-corrected chi connectivity index (χ1v) is 9.64. The number of carbonyl (C=O) groups excluding carboxylic acids is 1. The fraction of sp³-hybridized carbons (Fsp3) is 0.750. The van der Waals surface area contributed by atoms with Gasteiger partial charge in [-0.3, -0.25) is 4.79 Å². The van der Waals surface area contributed by atoms with E-state index in [2.05, 4.69) is 15.5 Å². The molecule has 3 rings (SSSR count). The number of rotatable bonds is 5. The van der Waals surface area contributed by atoms with E-state index < -0.39 is 9.84 Å². The van der Waals surface area contributed by atoms with Crippen LogP contribution in [0.4, 0.5) is 0 Å². The SMILES string of the molecule is C[C@H](Sc1nnc([C@H]2CCS(=O)(=O)C2)o1)C(=O)NC1CC1. The maximum absolute atomic E-state index is 11.8. The predicted molar refractivity (Wildman–Crippen MR) is 76.8 cm³/mol. The van der Waals surface area contributed by atoms with E-state index in [0.29, 0.717) is 23.6 Å². The van der Waals surface area contributed by atoms with Gasteiger partial charge in [0, 0.05) is 6.04 Å². The quantitative estimate of drug-likeness (QED) is 0.793. The van der Waals surface area contributed by atoms with Crippen molar-refractivity contribution in [2.24, 2.45) is 0 Å². The highest BCUT2D eigenvalue weighted by molar-refractivity contribution is 8.00. The fourth-order valence-corrected chi connectivity index (χ4v) is 4.61. The first-order valence-electron chi connectivity index (χ1n) is 6.94. The van der Waals surface area contributed by atoms with E-state index in [1.54, 1.807) is 6.92 Å². The first kappa shape index (κ1) is 14.8. The van der Waals surface area contributed by atoms with Crippen LogP contribution in [0.5, 0.6) is 0 Å². The molecule has 1 N–H and O–H groups in total. The summed E-state index contributed by atoms with van der Waals surface area (Å²) in [6.45, 7) is 1.78. The molecule has 0 spiro atoms. The van der Waals surface area contributed by atoms with E-state index in [4.69, 9.17) is 4.42 Å². The maximum atomic E-state index is 11.8. The molecule has 1 saturated carbocycles. The monoisotopic (exact) mass is 331 g/mol. The van der Waals surface area contributed by atoms with Gasteiger partial charge in [0.1, 0.15) is 0 Å². The van der Waals surface area contributed by atoms with Crippen LogP contribution in [0, 0.1) is 0 Å². The summed E-state index contributed by atoms with van der Waals surface area (Å²) in [5, 5.41) is 10.7. The molecule has 0 bridgehead atoms. The van der Waals surface area contributed by atoms with Gasteiger partial charge in [-0.25, -0.2) is 8.42 Å². The van der Waals surface area contributed by atoms with Crippen molar-refractivity contribution >= 4 is 27.5 Å². The minimum absolute atomic E-state index is 0.0364. The largest absolute Gasteiger partial charge is 0.416 e. The van der Waals surface area contributed by atoms with Crippen molar-refractivity contribution in [3.63, 3.8) is 0 Å². The molecule has 9 heteroatoms. The third-order valence-electron chi connectivity index (χ3n) is 3.57. The standard InChI is InChI=1S/C12H17N3O4S2/c1-7(10(16)13-9-2-3-9)20-12-15-14-11(19-12)8-4-5-21(17,18)6-8/h7-9H,2-6H2,1H3,(H,13,16)/t7-,8-/m0/s1. The minimum atomic E-state index is -2.98. The molecule has 1 aliphatic carbocycles. The van der Waals surface area contributed by atoms with Crippen molar-refractivity contribution in [1.82, 2.24) is 15.5 Å². The third kappa shape index (κ3) is 3.76. The molecule has 2 heterocycles. The Balaban J connectivity index is 1.58. The number of nitrogens with zero attached hydrogens (tertiary/aromatic N) is 2. The third-order valence-corrected chi connectivity index (χ3v) is 6.28. The summed E-state index contributed by atoms with van der Waals surface area (Å²) in [7, 11) is -2.98. The summed E-state index contributed by atoms with van der Waals surface area (Å²) in [6, 6.07) is 0.322. The van der Waals surface area contributed by atoms with Crippen LogP contribution in [-0.2, 0) is 14.6 Å². The van der Waals surface area contributed by atoms with E-state index in [0.717, 1.165) is 12.8 Å². The lowest BCUT2D eigenvalue weighted by atomic mass is 10.1. The van der Waals surface area contributed by atoms with E-state index in [1.807, 2.05) is 0 Å². The highest BCUT2D eigenvalue weighted by Crippen LogP contribution is 2.31. The molecule has 1 amide bonds. The van der Waals surface area contributed by atoms with Crippen molar-refractivity contribution < 1.29 is 17.6 Å². The number of thioether (sulfide) groups is 1. The van der Waals surface area contributed by atoms with Crippen molar-refractivity contribution in [3.8, 4) is 0 Å². The Hall–Kier alpha value is -1.09. The predicted octanol–water partition coefficient (Wildman–Crippen LogP) is 0.731. The lowest BCUT2D eigenvalue weighted by molar-refractivity contribution is -0.120. The zero-order valence-corrected chi connectivity index (χ0v) is 13.2. The number of hydrogen-bond acceptors (Lipinski definition) is 7. The molecule has 2 fully saturated rings. The van der Waals surface area contributed by atoms with Crippen molar-refractivity contribution in [2.75, 3.05) is 11.5 Å². The van der Waals surface area contributed by atoms with Gasteiger partial charge in [0.15, 0.2) is 9.84 Å². The summed E-state index contributed by atoms with van der Waals surface area (Å²) in [4.78, 5) is 11.8. The average molecular weight is 331 g/mol. The topological polar surface area (TPSA) is 102 Å². The zero-order chi connectivity index (χ0) is 15.0. The van der Waals surface area contributed by atoms with E-state index >= 15 is 0 Å². The molecule has 1 aromatic heterocycles. The van der Waals surface area contributed by atoms with Crippen LogP contribution >= 0.6 is 11.8 Å². The van der Waals surface area contributed by atoms with Gasteiger partial charge >= 0.3 is 0 Å². The summed E-state index contributed by atoms with van der Waals surface area (Å²) in [5.74, 6) is 0.339.